The van der Waals surface area contributed by atoms with Crippen LogP contribution in [-0.4, -0.2) is 162 Å². The van der Waals surface area contributed by atoms with E-state index in [2.05, 4.69) is 78.0 Å². The number of fused-ring (bicyclic) bond motifs is 8. The summed E-state index contributed by atoms with van der Waals surface area (Å²) in [5.74, 6) is 9.44. The van der Waals surface area contributed by atoms with Gasteiger partial charge < -0.3 is 57.2 Å². The molecule has 0 spiro atoms. The monoisotopic (exact) mass is 2020 g/mol. The zero-order valence-electron chi connectivity index (χ0n) is 76.0. The molecule has 0 unspecified atom stereocenters. The lowest BCUT2D eigenvalue weighted by molar-refractivity contribution is 0.253. The number of methoxy groups -OCH3 is 4. The van der Waals surface area contributed by atoms with Crippen molar-refractivity contribution >= 4 is 169 Å². The van der Waals surface area contributed by atoms with E-state index in [1.165, 1.54) is 92.8 Å². The number of ether oxygens (including phenoxy) is 4. The van der Waals surface area contributed by atoms with E-state index in [0.29, 0.717) is 193 Å². The van der Waals surface area contributed by atoms with Crippen LogP contribution in [0.3, 0.4) is 0 Å². The minimum absolute atomic E-state index is 0.0222. The van der Waals surface area contributed by atoms with Crippen LogP contribution in [0.15, 0.2) is 216 Å². The molecule has 0 aliphatic carbocycles. The van der Waals surface area contributed by atoms with Crippen LogP contribution in [0, 0.1) is 45.4 Å². The molecule has 38 nitrogen and oxygen atoms in total. The quantitative estimate of drug-likeness (QED) is 0.0392. The first-order chi connectivity index (χ1) is 68.2. The molecule has 0 radical (unpaired) electrons. The zero-order chi connectivity index (χ0) is 98.6. The molecule has 0 fully saturated rings. The van der Waals surface area contributed by atoms with Crippen LogP contribution < -0.4 is 64.1 Å². The maximum absolute atomic E-state index is 14.2. The lowest BCUT2D eigenvalue weighted by Gasteiger charge is -2.15. The van der Waals surface area contributed by atoms with Crippen molar-refractivity contribution in [3.63, 3.8) is 0 Å². The van der Waals surface area contributed by atoms with Gasteiger partial charge in [0.05, 0.1) is 94.3 Å². The van der Waals surface area contributed by atoms with Crippen molar-refractivity contribution in [3.8, 4) is 91.6 Å². The number of hydrogen-bond acceptors (Lipinski definition) is 34. The number of nitrogens with zero attached hydrogens (tertiary/aromatic N) is 23. The molecule has 0 aliphatic heterocycles. The Balaban J connectivity index is 0.000000120. The second-order valence-corrected chi connectivity index (χ2v) is 36.1. The number of benzene rings is 6. The Hall–Kier alpha value is -17.1. The van der Waals surface area contributed by atoms with E-state index in [1.54, 1.807) is 111 Å². The number of pyridine rings is 1. The number of phenolic OH excluding ortho intramolecular Hbond substituents is 2. The highest BCUT2D eigenvalue weighted by Gasteiger charge is 2.30. The minimum Gasteiger partial charge on any atom is -0.508 e. The molecule has 141 heavy (non-hydrogen) atoms. The standard InChI is InChI=1S/C26H20FN7O3S.C26H21N7O3S.C25H22N6O3S.C20H16BrN7O2S/c1-13-11-38-25-20(13)26(36)34(17-5-3-4-6-18(17)37-2)19(31-25)10-33-24-21(23(28)29-12-30-24)22(32-33)14-7-15(27)9-16(35)8-14;1-14-12-37-25-20(14)26(35)33(17-8-3-4-9-18(17)36-2)19(30-25)11-32-24-21(23(27)28-13-29-24)22(31-32)15-6-5-7-16(34)10-15;1-14-13-35-24-21(14)25(33)31(18-6-4-5-7-19(18)34-3)20(28-24)12-30-23-22(16(26)10-11-27-23)17(29-30)9-8-15(2)32;1-10-8-31-19-14(10)20(29)28(11-5-3-4-6-12(11)30-2)13(25-19)7-27-18-15(16(21)26-27)17(22)23-9-24-18/h3-9,11-12,35H,10H2,1-2H3,(H2,28,29,30);3-10,12-13,34H,11H2,1-2H3,(H2,27,28,29);4-7,10-11,13,15,32H,12H2,1-3H3,(H2,26,27);3-6,8-9H,7H2,1-2H3,(H2,22,23,24)/t;;15-;/m..1./s1. The molecule has 0 saturated carbocycles. The Labute approximate surface area is 819 Å². The molecule has 44 heteroatoms. The number of nitrogen functional groups attached to an aromatic ring is 4. The van der Waals surface area contributed by atoms with Gasteiger partial charge in [0, 0.05) is 29.1 Å². The first-order valence-electron chi connectivity index (χ1n) is 42.9. The number of aromatic hydroxyl groups is 2. The molecular weight excluding hydrogens is 1950 g/mol. The average molecular weight is 2030 g/mol. The highest BCUT2D eigenvalue weighted by Crippen LogP contribution is 2.39. The van der Waals surface area contributed by atoms with Gasteiger partial charge in [0.15, 0.2) is 22.6 Å². The predicted octanol–water partition coefficient (Wildman–Crippen LogP) is 14.1. The number of aliphatic hydroxyl groups is 1. The molecule has 22 rings (SSSR count). The molecule has 0 amide bonds. The number of anilines is 4. The molecule has 6 aromatic carbocycles. The number of rotatable bonds is 18. The van der Waals surface area contributed by atoms with Gasteiger partial charge >= 0.3 is 0 Å². The number of halogens is 2. The van der Waals surface area contributed by atoms with Crippen molar-refractivity contribution < 1.29 is 38.7 Å². The molecule has 16 heterocycles. The molecule has 16 aromatic heterocycles. The summed E-state index contributed by atoms with van der Waals surface area (Å²) in [5, 5.41) is 60.3. The second kappa shape index (κ2) is 38.5. The Bertz CT molecular complexity index is 9080. The van der Waals surface area contributed by atoms with Crippen LogP contribution in [0.2, 0.25) is 0 Å². The highest BCUT2D eigenvalue weighted by molar-refractivity contribution is 9.10. The topological polar surface area (TPSA) is 503 Å². The summed E-state index contributed by atoms with van der Waals surface area (Å²) in [6.45, 7) is 9.61. The lowest BCUT2D eigenvalue weighted by Crippen LogP contribution is -2.26. The van der Waals surface area contributed by atoms with Crippen LogP contribution in [-0.2, 0) is 26.2 Å². The van der Waals surface area contributed by atoms with Crippen molar-refractivity contribution in [2.24, 2.45) is 0 Å². The van der Waals surface area contributed by atoms with Gasteiger partial charge in [0.1, 0.15) is 173 Å². The van der Waals surface area contributed by atoms with Gasteiger partial charge in [-0.1, -0.05) is 66.6 Å². The number of aliphatic hydroxyl groups excluding tert-OH is 1. The third-order valence-corrected chi connectivity index (χ3v) is 27.4. The van der Waals surface area contributed by atoms with Gasteiger partial charge in [0.2, 0.25) is 0 Å². The third-order valence-electron chi connectivity index (χ3n) is 22.9. The van der Waals surface area contributed by atoms with E-state index < -0.39 is 11.9 Å². The lowest BCUT2D eigenvalue weighted by atomic mass is 10.1. The number of aromatic nitrogens is 23. The first kappa shape index (κ1) is 92.9. The summed E-state index contributed by atoms with van der Waals surface area (Å²) in [4.78, 5) is 107. The van der Waals surface area contributed by atoms with Crippen molar-refractivity contribution in [3.05, 3.63) is 295 Å². The minimum atomic E-state index is -0.824. The molecule has 0 saturated heterocycles. The Morgan fingerprint density at radius 2 is 0.752 bits per heavy atom. The maximum atomic E-state index is 14.2. The zero-order valence-corrected chi connectivity index (χ0v) is 80.8. The summed E-state index contributed by atoms with van der Waals surface area (Å²) in [6, 6.07) is 41.1. The van der Waals surface area contributed by atoms with E-state index in [1.807, 2.05) is 128 Å². The van der Waals surface area contributed by atoms with Gasteiger partial charge in [-0.05, 0) is 179 Å². The van der Waals surface area contributed by atoms with Crippen LogP contribution in [0.1, 0.15) is 58.2 Å². The Kier molecular flexibility index (Phi) is 25.3. The Morgan fingerprint density at radius 3 is 1.13 bits per heavy atom. The third kappa shape index (κ3) is 17.3. The molecule has 0 aliphatic rings. The highest BCUT2D eigenvalue weighted by atomic mass is 79.9. The number of thiophene rings is 4. The van der Waals surface area contributed by atoms with Crippen LogP contribution in [0.5, 0.6) is 34.5 Å². The SMILES string of the molecule is COc1ccccc1-n1c(Cn2nc(-c3cc(O)cc(F)c3)c3c(N)ncnc32)nc2scc(C)c2c1=O.COc1ccccc1-n1c(Cn2nc(-c3cccc(O)c3)c3c(N)ncnc32)nc2scc(C)c2c1=O.COc1ccccc1-n1c(Cn2nc(Br)c3c(N)ncnc32)nc2scc(C)c2c1=O.COc1ccccc1-n1c(Cn2nc(C#C[C@@H](C)O)c3c(N)ccnc32)nc2scc(C)c2c1=O. The fourth-order valence-corrected chi connectivity index (χ4v) is 20.8. The van der Waals surface area contributed by atoms with Gasteiger partial charge in [0.25, 0.3) is 22.2 Å². The number of hydrogen-bond donors (Lipinski definition) is 7. The van der Waals surface area contributed by atoms with Gasteiger partial charge in [-0.25, -0.2) is 77.9 Å². The number of para-hydroxylation sites is 8. The summed E-state index contributed by atoms with van der Waals surface area (Å²) in [7, 11) is 6.23. The van der Waals surface area contributed by atoms with Crippen molar-refractivity contribution in [2.45, 2.75) is 66.9 Å². The van der Waals surface area contributed by atoms with Gasteiger partial charge in [-0.3, -0.25) is 37.4 Å². The molecule has 706 valence electrons. The van der Waals surface area contributed by atoms with Gasteiger partial charge in [-0.15, -0.1) is 45.3 Å². The summed E-state index contributed by atoms with van der Waals surface area (Å²) in [6.07, 6.45) is 4.82. The summed E-state index contributed by atoms with van der Waals surface area (Å²) < 4.78 is 49.5. The second-order valence-electron chi connectivity index (χ2n) is 31.9. The van der Waals surface area contributed by atoms with E-state index in [0.717, 1.165) is 28.3 Å². The largest absolute Gasteiger partial charge is 0.508 e. The normalized spacial score (nSPS) is 11.6. The van der Waals surface area contributed by atoms with E-state index in [4.69, 9.17) is 66.9 Å². The van der Waals surface area contributed by atoms with E-state index in [9.17, 15) is 38.9 Å². The first-order valence-corrected chi connectivity index (χ1v) is 47.2. The number of phenols is 2. The van der Waals surface area contributed by atoms with Crippen molar-refractivity contribution in [1.29, 1.82) is 0 Å². The molecule has 1 atom stereocenters. The predicted molar refractivity (Wildman–Crippen MR) is 544 cm³/mol. The molecule has 22 aromatic rings. The summed E-state index contributed by atoms with van der Waals surface area (Å²) >= 11 is 9.08. The van der Waals surface area contributed by atoms with Crippen LogP contribution in [0.25, 0.3) is 130 Å². The molecule has 0 bridgehead atoms. The van der Waals surface area contributed by atoms with E-state index >= 15 is 0 Å². The number of nitrogens with two attached hydrogens (primary N) is 4. The smallest absolute Gasteiger partial charge is 0.267 e. The Morgan fingerprint density at radius 1 is 0.404 bits per heavy atom. The van der Waals surface area contributed by atoms with Crippen molar-refractivity contribution in [1.82, 2.24) is 112 Å². The molecule has 11 N–H and O–H groups in total. The maximum Gasteiger partial charge on any atom is 0.267 e. The average Bonchev–Trinajstić information content (AvgIpc) is 1.64. The van der Waals surface area contributed by atoms with Crippen molar-refractivity contribution in [2.75, 3.05) is 51.4 Å². The molecular formula is C97H79BrFN27O11S4. The van der Waals surface area contributed by atoms with Crippen LogP contribution >= 0.6 is 61.3 Å². The summed E-state index contributed by atoms with van der Waals surface area (Å²) in [5.41, 5.74) is 34.1. The van der Waals surface area contributed by atoms with E-state index in [-0.39, 0.29) is 77.2 Å². The fourth-order valence-electron chi connectivity index (χ4n) is 16.5. The van der Waals surface area contributed by atoms with Gasteiger partial charge in [-0.2, -0.15) is 20.4 Å². The number of aryl methyl sites for hydroxylation is 4. The van der Waals surface area contributed by atoms with Crippen LogP contribution in [0.4, 0.5) is 27.5 Å². The fraction of sp³-hybridized carbons (Fsp3) is 0.144.